The quantitative estimate of drug-likeness (QED) is 0.862. The number of carboxylic acid groups (broad SMARTS) is 1. The fourth-order valence-corrected chi connectivity index (χ4v) is 2.18. The third-order valence-electron chi connectivity index (χ3n) is 3.18. The lowest BCUT2D eigenvalue weighted by molar-refractivity contribution is -0.140. The van der Waals surface area contributed by atoms with Crippen LogP contribution >= 0.6 is 0 Å². The molecule has 0 saturated carbocycles. The van der Waals surface area contributed by atoms with Gasteiger partial charge >= 0.3 is 5.97 Å². The van der Waals surface area contributed by atoms with E-state index < -0.39 is 5.97 Å². The molecule has 18 heavy (non-hydrogen) atoms. The van der Waals surface area contributed by atoms with E-state index in [0.717, 1.165) is 24.5 Å². The number of nitrogens with zero attached hydrogens (tertiary/aromatic N) is 1. The van der Waals surface area contributed by atoms with Gasteiger partial charge in [-0.1, -0.05) is 6.92 Å². The first-order valence-corrected chi connectivity index (χ1v) is 6.30. The van der Waals surface area contributed by atoms with Crippen LogP contribution in [0.15, 0.2) is 16.5 Å². The molecular formula is C13H19NO4. The number of carbonyl (C=O) groups is 1. The Bertz CT molecular complexity index is 401. The van der Waals surface area contributed by atoms with Crippen molar-refractivity contribution in [3.63, 3.8) is 0 Å². The summed E-state index contributed by atoms with van der Waals surface area (Å²) in [6.45, 7) is 4.58. The van der Waals surface area contributed by atoms with Gasteiger partial charge in [-0.2, -0.15) is 0 Å². The van der Waals surface area contributed by atoms with E-state index in [0.29, 0.717) is 19.8 Å². The zero-order chi connectivity index (χ0) is 13.0. The number of hydrogen-bond acceptors (Lipinski definition) is 4. The molecule has 0 radical (unpaired) electrons. The van der Waals surface area contributed by atoms with Crippen LogP contribution in [-0.4, -0.2) is 41.8 Å². The van der Waals surface area contributed by atoms with Gasteiger partial charge in [0.05, 0.1) is 26.2 Å². The predicted octanol–water partition coefficient (Wildman–Crippen LogP) is 1.52. The summed E-state index contributed by atoms with van der Waals surface area (Å²) < 4.78 is 11.0. The van der Waals surface area contributed by atoms with Gasteiger partial charge in [0.1, 0.15) is 11.5 Å². The maximum atomic E-state index is 10.8. The number of aryl methyl sites for hydroxylation is 1. The van der Waals surface area contributed by atoms with Crippen LogP contribution in [0.1, 0.15) is 24.9 Å². The first-order valence-electron chi connectivity index (χ1n) is 6.30. The van der Waals surface area contributed by atoms with Gasteiger partial charge in [-0.15, -0.1) is 0 Å². The second-order valence-electron chi connectivity index (χ2n) is 4.52. The maximum absolute atomic E-state index is 10.8. The van der Waals surface area contributed by atoms with E-state index in [1.807, 2.05) is 19.1 Å². The molecule has 1 aromatic heterocycles. The Morgan fingerprint density at radius 2 is 2.28 bits per heavy atom. The van der Waals surface area contributed by atoms with E-state index in [4.69, 9.17) is 14.3 Å². The van der Waals surface area contributed by atoms with Crippen molar-refractivity contribution >= 4 is 5.97 Å². The van der Waals surface area contributed by atoms with Gasteiger partial charge < -0.3 is 14.3 Å². The number of hydrogen-bond donors (Lipinski definition) is 1. The molecule has 1 aliphatic rings. The lowest BCUT2D eigenvalue weighted by atomic mass is 10.1. The monoisotopic (exact) mass is 253 g/mol. The van der Waals surface area contributed by atoms with Gasteiger partial charge in [0.2, 0.25) is 0 Å². The highest BCUT2D eigenvalue weighted by atomic mass is 16.5. The summed E-state index contributed by atoms with van der Waals surface area (Å²) in [7, 11) is 0. The summed E-state index contributed by atoms with van der Waals surface area (Å²) in [6.07, 6.45) is 0.989. The molecule has 2 heterocycles. The van der Waals surface area contributed by atoms with E-state index in [1.54, 1.807) is 0 Å². The van der Waals surface area contributed by atoms with E-state index >= 15 is 0 Å². The minimum Gasteiger partial charge on any atom is -0.481 e. The third-order valence-corrected chi connectivity index (χ3v) is 3.18. The van der Waals surface area contributed by atoms with Gasteiger partial charge in [0.25, 0.3) is 0 Å². The summed E-state index contributed by atoms with van der Waals surface area (Å²) in [5.74, 6) is 1.07. The molecule has 1 unspecified atom stereocenters. The van der Waals surface area contributed by atoms with Crippen molar-refractivity contribution in [2.75, 3.05) is 19.8 Å². The number of rotatable bonds is 5. The Morgan fingerprint density at radius 3 is 2.94 bits per heavy atom. The molecule has 1 atom stereocenters. The van der Waals surface area contributed by atoms with Crippen LogP contribution < -0.4 is 0 Å². The molecule has 1 N–H and O–H groups in total. The van der Waals surface area contributed by atoms with Gasteiger partial charge in [-0.05, 0) is 12.1 Å². The Labute approximate surface area is 106 Å². The van der Waals surface area contributed by atoms with E-state index in [2.05, 4.69) is 4.90 Å². The van der Waals surface area contributed by atoms with Crippen LogP contribution in [0.3, 0.4) is 0 Å². The molecule has 1 aliphatic heterocycles. The zero-order valence-corrected chi connectivity index (χ0v) is 10.6. The molecule has 0 spiro atoms. The van der Waals surface area contributed by atoms with Crippen molar-refractivity contribution in [1.82, 2.24) is 4.90 Å². The minimum atomic E-state index is -0.788. The van der Waals surface area contributed by atoms with Gasteiger partial charge in [0, 0.05) is 19.0 Å². The molecule has 1 aromatic rings. The average molecular weight is 253 g/mol. The fourth-order valence-electron chi connectivity index (χ4n) is 2.18. The van der Waals surface area contributed by atoms with Crippen LogP contribution in [0.4, 0.5) is 0 Å². The molecule has 0 aliphatic carbocycles. The topological polar surface area (TPSA) is 62.9 Å². The lowest BCUT2D eigenvalue weighted by Gasteiger charge is -2.34. The Balaban J connectivity index is 1.98. The van der Waals surface area contributed by atoms with E-state index in [1.165, 1.54) is 0 Å². The second kappa shape index (κ2) is 6.02. The van der Waals surface area contributed by atoms with Crippen LogP contribution in [0.25, 0.3) is 0 Å². The zero-order valence-electron chi connectivity index (χ0n) is 10.6. The Morgan fingerprint density at radius 1 is 1.50 bits per heavy atom. The second-order valence-corrected chi connectivity index (χ2v) is 4.52. The average Bonchev–Trinajstić information content (AvgIpc) is 2.79. The van der Waals surface area contributed by atoms with Crippen molar-refractivity contribution in [2.45, 2.75) is 32.4 Å². The first-order chi connectivity index (χ1) is 8.69. The number of ether oxygens (including phenoxy) is 1. The maximum Gasteiger partial charge on any atom is 0.305 e. The molecule has 0 amide bonds. The number of carboxylic acids is 1. The summed E-state index contributed by atoms with van der Waals surface area (Å²) in [5, 5.41) is 8.89. The number of morpholine rings is 1. The SMILES string of the molecule is CCc1ccc(CN2CCOCC2CC(=O)O)o1. The number of aliphatic carboxylic acids is 1. The molecular weight excluding hydrogens is 234 g/mol. The molecule has 0 bridgehead atoms. The van der Waals surface area contributed by atoms with Crippen LogP contribution in [0.2, 0.25) is 0 Å². The fraction of sp³-hybridized carbons (Fsp3) is 0.615. The molecule has 1 fully saturated rings. The first kappa shape index (κ1) is 13.1. The molecule has 5 nitrogen and oxygen atoms in total. The normalized spacial score (nSPS) is 21.1. The Hall–Kier alpha value is -1.33. The van der Waals surface area contributed by atoms with Gasteiger partial charge in [-0.3, -0.25) is 9.69 Å². The smallest absolute Gasteiger partial charge is 0.305 e. The number of furan rings is 1. The molecule has 2 rings (SSSR count). The summed E-state index contributed by atoms with van der Waals surface area (Å²) >= 11 is 0. The van der Waals surface area contributed by atoms with Crippen LogP contribution in [0, 0.1) is 0 Å². The highest BCUT2D eigenvalue weighted by molar-refractivity contribution is 5.67. The summed E-state index contributed by atoms with van der Waals surface area (Å²) in [6, 6.07) is 3.88. The van der Waals surface area contributed by atoms with Crippen LogP contribution in [0.5, 0.6) is 0 Å². The van der Waals surface area contributed by atoms with E-state index in [-0.39, 0.29) is 12.5 Å². The van der Waals surface area contributed by atoms with Crippen molar-refractivity contribution in [3.05, 3.63) is 23.7 Å². The van der Waals surface area contributed by atoms with Gasteiger partial charge in [-0.25, -0.2) is 0 Å². The molecule has 100 valence electrons. The molecule has 0 aromatic carbocycles. The van der Waals surface area contributed by atoms with Crippen molar-refractivity contribution in [2.24, 2.45) is 0 Å². The third kappa shape index (κ3) is 3.34. The largest absolute Gasteiger partial charge is 0.481 e. The summed E-state index contributed by atoms with van der Waals surface area (Å²) in [5.41, 5.74) is 0. The molecule has 1 saturated heterocycles. The lowest BCUT2D eigenvalue weighted by Crippen LogP contribution is -2.45. The predicted molar refractivity (Wildman–Crippen MR) is 65.4 cm³/mol. The summed E-state index contributed by atoms with van der Waals surface area (Å²) in [4.78, 5) is 12.9. The van der Waals surface area contributed by atoms with Gasteiger partial charge in [0.15, 0.2) is 0 Å². The van der Waals surface area contributed by atoms with E-state index in [9.17, 15) is 4.79 Å². The van der Waals surface area contributed by atoms with Crippen molar-refractivity contribution in [1.29, 1.82) is 0 Å². The van der Waals surface area contributed by atoms with Crippen molar-refractivity contribution < 1.29 is 19.1 Å². The Kier molecular flexibility index (Phi) is 4.38. The standard InChI is InChI=1S/C13H19NO4/c1-2-11-3-4-12(18-11)8-14-5-6-17-9-10(14)7-13(15)16/h3-4,10H,2,5-9H2,1H3,(H,15,16). The van der Waals surface area contributed by atoms with Crippen molar-refractivity contribution in [3.8, 4) is 0 Å². The highest BCUT2D eigenvalue weighted by Crippen LogP contribution is 2.17. The minimum absolute atomic E-state index is 0.0635. The molecule has 5 heteroatoms. The highest BCUT2D eigenvalue weighted by Gasteiger charge is 2.25. The van der Waals surface area contributed by atoms with Crippen LogP contribution in [-0.2, 0) is 22.5 Å².